The molecular formula is C83H125F2N7S2. The molecule has 8 aromatic heterocycles. The van der Waals surface area contributed by atoms with Crippen LogP contribution in [0.4, 0.5) is 8.78 Å². The molecule has 94 heavy (non-hydrogen) atoms. The van der Waals surface area contributed by atoms with Gasteiger partial charge in [-0.15, -0.1) is 11.3 Å². The van der Waals surface area contributed by atoms with Crippen molar-refractivity contribution >= 4 is 22.7 Å². The van der Waals surface area contributed by atoms with Crippen LogP contribution in [0.1, 0.15) is 263 Å². The number of hydrogen-bond donors (Lipinski definition) is 0. The summed E-state index contributed by atoms with van der Waals surface area (Å²) in [4.78, 5) is 30.3. The van der Waals surface area contributed by atoms with E-state index in [9.17, 15) is 8.78 Å². The SMILES string of the molecule is C.C.CC(C)(C)c1ccccc1.CC(C)(C)c1ccccn1.CC(C)(C)c1cccnc1.CC(C)(C)c1cccs1.CC(C)(C)c1ccsc1.CC(C)(C)c1cnccn1.CC(C)(C)c1ncccc1F.Cc1ccc(C(C)(C)C)nc1.Cc1cnc(C(C)(C)C)c(F)c1. The predicted molar refractivity (Wildman–Crippen MR) is 409 cm³/mol. The Bertz CT molecular complexity index is 3100. The van der Waals surface area contributed by atoms with E-state index in [0.717, 1.165) is 22.6 Å². The molecule has 0 N–H and O–H groups in total. The van der Waals surface area contributed by atoms with Crippen molar-refractivity contribution in [2.75, 3.05) is 0 Å². The van der Waals surface area contributed by atoms with Gasteiger partial charge in [-0.3, -0.25) is 34.9 Å². The average Bonchev–Trinajstić information content (AvgIpc) is 1.22. The number of halogens is 2. The van der Waals surface area contributed by atoms with Gasteiger partial charge in [-0.25, -0.2) is 8.78 Å². The van der Waals surface area contributed by atoms with Gasteiger partial charge in [0.2, 0.25) is 0 Å². The summed E-state index contributed by atoms with van der Waals surface area (Å²) in [5.41, 5.74) is 11.9. The van der Waals surface area contributed by atoms with Gasteiger partial charge in [-0.1, -0.05) is 256 Å². The van der Waals surface area contributed by atoms with Crippen LogP contribution in [-0.4, -0.2) is 34.9 Å². The first-order valence-corrected chi connectivity index (χ1v) is 33.8. The van der Waals surface area contributed by atoms with Crippen LogP contribution in [-0.2, 0) is 48.7 Å². The van der Waals surface area contributed by atoms with E-state index in [2.05, 4.69) is 276 Å². The lowest BCUT2D eigenvalue weighted by molar-refractivity contribution is 0.502. The lowest BCUT2D eigenvalue weighted by Crippen LogP contribution is -2.15. The molecular weight excluding hydrogens is 1200 g/mol. The molecule has 0 fully saturated rings. The average molecular weight is 1320 g/mol. The largest absolute Gasteiger partial charge is 0.264 e. The highest BCUT2D eigenvalue weighted by molar-refractivity contribution is 7.10. The minimum atomic E-state index is -0.222. The number of pyridine rings is 5. The van der Waals surface area contributed by atoms with E-state index in [4.69, 9.17) is 0 Å². The van der Waals surface area contributed by atoms with Crippen LogP contribution in [0.2, 0.25) is 0 Å². The Labute approximate surface area is 581 Å². The molecule has 7 nitrogen and oxygen atoms in total. The van der Waals surface area contributed by atoms with Crippen LogP contribution in [0.5, 0.6) is 0 Å². The molecule has 11 heteroatoms. The summed E-state index contributed by atoms with van der Waals surface area (Å²) in [6.45, 7) is 61.6. The highest BCUT2D eigenvalue weighted by Gasteiger charge is 2.22. The lowest BCUT2D eigenvalue weighted by atomic mass is 9.87. The fourth-order valence-electron chi connectivity index (χ4n) is 7.57. The molecule has 0 saturated carbocycles. The summed E-state index contributed by atoms with van der Waals surface area (Å²) in [6, 6.07) is 35.9. The molecule has 0 unspecified atom stereocenters. The normalized spacial score (nSPS) is 11.4. The fourth-order valence-corrected chi connectivity index (χ4v) is 9.27. The molecule has 0 atom stereocenters. The summed E-state index contributed by atoms with van der Waals surface area (Å²) in [5.74, 6) is -0.428. The first kappa shape index (κ1) is 89.4. The zero-order valence-corrected chi connectivity index (χ0v) is 63.7. The van der Waals surface area contributed by atoms with Gasteiger partial charge >= 0.3 is 0 Å². The van der Waals surface area contributed by atoms with E-state index in [-0.39, 0.29) is 59.0 Å². The molecule has 0 aliphatic carbocycles. The molecule has 0 aliphatic rings. The molecule has 9 aromatic rings. The summed E-state index contributed by atoms with van der Waals surface area (Å²) in [7, 11) is 0. The first-order chi connectivity index (χ1) is 42.1. The number of aromatic nitrogens is 7. The van der Waals surface area contributed by atoms with E-state index in [1.807, 2.05) is 96.6 Å². The van der Waals surface area contributed by atoms with Gasteiger partial charge in [0.15, 0.2) is 0 Å². The second-order valence-electron chi connectivity index (χ2n) is 32.1. The summed E-state index contributed by atoms with van der Waals surface area (Å²) in [6.07, 6.45) is 16.0. The van der Waals surface area contributed by atoms with Crippen molar-refractivity contribution in [3.63, 3.8) is 0 Å². The zero-order valence-electron chi connectivity index (χ0n) is 62.0. The van der Waals surface area contributed by atoms with Crippen LogP contribution >= 0.6 is 22.7 Å². The number of benzene rings is 1. The number of rotatable bonds is 0. The van der Waals surface area contributed by atoms with Crippen LogP contribution in [0.15, 0.2) is 181 Å². The van der Waals surface area contributed by atoms with Gasteiger partial charge in [0, 0.05) is 99.1 Å². The first-order valence-electron chi connectivity index (χ1n) is 31.9. The monoisotopic (exact) mass is 1320 g/mol. The maximum Gasteiger partial charge on any atom is 0.145 e. The van der Waals surface area contributed by atoms with Crippen molar-refractivity contribution in [2.24, 2.45) is 0 Å². The quantitative estimate of drug-likeness (QED) is 0.149. The van der Waals surface area contributed by atoms with Crippen LogP contribution in [0, 0.1) is 25.5 Å². The van der Waals surface area contributed by atoms with Gasteiger partial charge in [-0.05, 0) is 134 Å². The smallest absolute Gasteiger partial charge is 0.145 e. The molecule has 0 bridgehead atoms. The second-order valence-corrected chi connectivity index (χ2v) is 33.8. The van der Waals surface area contributed by atoms with Crippen molar-refractivity contribution < 1.29 is 8.78 Å². The topological polar surface area (TPSA) is 90.2 Å². The van der Waals surface area contributed by atoms with Crippen molar-refractivity contribution in [3.05, 3.63) is 254 Å². The fraction of sp³-hybridized carbons (Fsp3) is 0.482. The van der Waals surface area contributed by atoms with E-state index in [1.165, 1.54) is 39.3 Å². The number of nitrogens with zero attached hydrogens (tertiary/aromatic N) is 7. The van der Waals surface area contributed by atoms with Gasteiger partial charge in [-0.2, -0.15) is 11.3 Å². The molecule has 0 radical (unpaired) electrons. The minimum absolute atomic E-state index is 0. The van der Waals surface area contributed by atoms with Gasteiger partial charge in [0.05, 0.1) is 17.1 Å². The van der Waals surface area contributed by atoms with E-state index >= 15 is 0 Å². The maximum atomic E-state index is 13.3. The maximum absolute atomic E-state index is 13.3. The predicted octanol–water partition coefficient (Wildman–Crippen LogP) is 24.9. The van der Waals surface area contributed by atoms with Crippen molar-refractivity contribution in [2.45, 2.75) is 264 Å². The van der Waals surface area contributed by atoms with Gasteiger partial charge in [0.25, 0.3) is 0 Å². The van der Waals surface area contributed by atoms with Gasteiger partial charge < -0.3 is 0 Å². The van der Waals surface area contributed by atoms with E-state index in [0.29, 0.717) is 27.6 Å². The molecule has 0 saturated heterocycles. The zero-order chi connectivity index (χ0) is 70.6. The molecule has 0 aliphatic heterocycles. The molecule has 8 heterocycles. The number of thiophene rings is 2. The Morgan fingerprint density at radius 1 is 0.309 bits per heavy atom. The Morgan fingerprint density at radius 3 is 1.10 bits per heavy atom. The number of hydrogen-bond acceptors (Lipinski definition) is 9. The standard InChI is InChI=1S/C10H14FN.C10H15N.C10H14.C9H12FN.2C9H13N.C8H12N2.2C8H12S.2CH4/c1-7-5-8(11)9(12-6-7)10(2,3)4;1-8-5-6-9(11-7-8)10(2,3)4;1-10(2,3)9-7-5-4-6-8-9;1-9(2,3)8-7(10)5-4-6-11-8;1-9(2,3)8-5-4-6-10-7-8;1-9(2,3)8-6-4-5-7-10-8;1-8(2,3)7-6-9-4-5-10-7;1-8(2,3)7-4-5-9-6-7;1-8(2,3)7-5-4-6-9-7;;/h5-6H,1-4H3;5-7H,1-4H3;4-8H,1-3H3;4-6H,1-3H3;2*4-7H,1-3H3;4-6H,1-3H3;2*4-6H,1-3H3;2*1H4. The third-order valence-electron chi connectivity index (χ3n) is 13.4. The number of aryl methyl sites for hydroxylation is 2. The third-order valence-corrected chi connectivity index (χ3v) is 15.4. The van der Waals surface area contributed by atoms with Crippen LogP contribution < -0.4 is 0 Å². The molecule has 9 rings (SSSR count). The third kappa shape index (κ3) is 37.4. The summed E-state index contributed by atoms with van der Waals surface area (Å²) in [5, 5.41) is 6.46. The Hall–Kier alpha value is -6.69. The summed E-state index contributed by atoms with van der Waals surface area (Å²) >= 11 is 3.60. The van der Waals surface area contributed by atoms with E-state index < -0.39 is 0 Å². The Kier molecular flexibility index (Phi) is 38.0. The Morgan fingerprint density at radius 2 is 0.787 bits per heavy atom. The van der Waals surface area contributed by atoms with Crippen molar-refractivity contribution in [1.82, 2.24) is 34.9 Å². The molecule has 0 amide bonds. The molecule has 0 spiro atoms. The lowest BCUT2D eigenvalue weighted by Gasteiger charge is -2.18. The molecule has 518 valence electrons. The highest BCUT2D eigenvalue weighted by Crippen LogP contribution is 2.28. The highest BCUT2D eigenvalue weighted by atomic mass is 32.1. The minimum Gasteiger partial charge on any atom is -0.264 e. The Balaban J connectivity index is 0. The van der Waals surface area contributed by atoms with Crippen molar-refractivity contribution in [3.8, 4) is 0 Å². The van der Waals surface area contributed by atoms with Crippen molar-refractivity contribution in [1.29, 1.82) is 0 Å². The van der Waals surface area contributed by atoms with Crippen LogP contribution in [0.25, 0.3) is 0 Å². The second kappa shape index (κ2) is 40.0. The summed E-state index contributed by atoms with van der Waals surface area (Å²) < 4.78 is 26.3. The van der Waals surface area contributed by atoms with Gasteiger partial charge in [0.1, 0.15) is 11.6 Å². The van der Waals surface area contributed by atoms with Crippen LogP contribution in [0.3, 0.4) is 0 Å². The van der Waals surface area contributed by atoms with E-state index in [1.54, 1.807) is 54.6 Å². The molecule has 1 aromatic carbocycles.